The topological polar surface area (TPSA) is 90.5 Å². The van der Waals surface area contributed by atoms with Crippen LogP contribution in [0, 0.1) is 10.1 Å². The molecule has 0 aliphatic carbocycles. The number of hydrogen-bond acceptors (Lipinski definition) is 6. The summed E-state index contributed by atoms with van der Waals surface area (Å²) in [5.41, 5.74) is 1.97. The van der Waals surface area contributed by atoms with Gasteiger partial charge < -0.3 is 9.64 Å². The lowest BCUT2D eigenvalue weighted by Crippen LogP contribution is -2.34. The Hall–Kier alpha value is -2.90. The zero-order chi connectivity index (χ0) is 18.0. The smallest absolute Gasteiger partial charge is 0.337 e. The number of benzene rings is 1. The van der Waals surface area contributed by atoms with Crippen LogP contribution in [0.4, 0.5) is 11.4 Å². The highest BCUT2D eigenvalue weighted by atomic mass is 16.6. The molecule has 0 amide bonds. The van der Waals surface area contributed by atoms with E-state index in [4.69, 9.17) is 4.74 Å². The molecule has 0 spiro atoms. The van der Waals surface area contributed by atoms with Gasteiger partial charge in [0, 0.05) is 44.0 Å². The van der Waals surface area contributed by atoms with Gasteiger partial charge in [-0.25, -0.2) is 4.79 Å². The molecule has 0 bridgehead atoms. The second kappa shape index (κ2) is 6.92. The van der Waals surface area contributed by atoms with Crippen molar-refractivity contribution in [1.82, 2.24) is 9.78 Å². The molecule has 8 nitrogen and oxygen atoms in total. The molecule has 132 valence electrons. The predicted octanol–water partition coefficient (Wildman–Crippen LogP) is 2.50. The monoisotopic (exact) mass is 344 g/mol. The molecule has 1 fully saturated rings. The molecule has 25 heavy (non-hydrogen) atoms. The van der Waals surface area contributed by atoms with Crippen LogP contribution in [-0.2, 0) is 11.8 Å². The summed E-state index contributed by atoms with van der Waals surface area (Å²) < 4.78 is 6.60. The Balaban J connectivity index is 1.83. The molecule has 0 atom stereocenters. The highest BCUT2D eigenvalue weighted by Gasteiger charge is 2.27. The van der Waals surface area contributed by atoms with Crippen LogP contribution in [0.25, 0.3) is 0 Å². The maximum Gasteiger partial charge on any atom is 0.337 e. The van der Waals surface area contributed by atoms with Crippen molar-refractivity contribution in [1.29, 1.82) is 0 Å². The number of aryl methyl sites for hydroxylation is 1. The van der Waals surface area contributed by atoms with Gasteiger partial charge in [-0.2, -0.15) is 5.10 Å². The van der Waals surface area contributed by atoms with Crippen molar-refractivity contribution >= 4 is 17.3 Å². The van der Waals surface area contributed by atoms with E-state index in [2.05, 4.69) is 5.10 Å². The van der Waals surface area contributed by atoms with Crippen molar-refractivity contribution in [3.63, 3.8) is 0 Å². The second-order valence-electron chi connectivity index (χ2n) is 6.09. The Labute approximate surface area is 145 Å². The molecule has 1 aromatic heterocycles. The van der Waals surface area contributed by atoms with Crippen LogP contribution < -0.4 is 4.90 Å². The minimum Gasteiger partial charge on any atom is -0.465 e. The van der Waals surface area contributed by atoms with E-state index in [1.165, 1.54) is 24.9 Å². The van der Waals surface area contributed by atoms with Crippen LogP contribution >= 0.6 is 0 Å². The molecule has 2 heterocycles. The minimum absolute atomic E-state index is 0.00614. The molecule has 1 saturated heterocycles. The first-order valence-electron chi connectivity index (χ1n) is 8.11. The van der Waals surface area contributed by atoms with Gasteiger partial charge in [-0.05, 0) is 31.0 Å². The number of nitro benzene ring substituents is 1. The Morgan fingerprint density at radius 3 is 2.60 bits per heavy atom. The first kappa shape index (κ1) is 16.9. The minimum atomic E-state index is -0.499. The van der Waals surface area contributed by atoms with Gasteiger partial charge in [-0.1, -0.05) is 0 Å². The summed E-state index contributed by atoms with van der Waals surface area (Å²) in [5.74, 6) is -0.118. The lowest BCUT2D eigenvalue weighted by atomic mass is 9.93. The Morgan fingerprint density at radius 1 is 1.32 bits per heavy atom. The van der Waals surface area contributed by atoms with Gasteiger partial charge >= 0.3 is 5.97 Å². The van der Waals surface area contributed by atoms with Crippen LogP contribution in [0.15, 0.2) is 30.5 Å². The highest BCUT2D eigenvalue weighted by Crippen LogP contribution is 2.35. The van der Waals surface area contributed by atoms with Crippen LogP contribution in [0.5, 0.6) is 0 Å². The fourth-order valence-electron chi connectivity index (χ4n) is 3.38. The highest BCUT2D eigenvalue weighted by molar-refractivity contribution is 5.91. The number of esters is 1. The molecule has 1 aliphatic heterocycles. The molecule has 8 heteroatoms. The predicted molar refractivity (Wildman–Crippen MR) is 91.8 cm³/mol. The van der Waals surface area contributed by atoms with Gasteiger partial charge in [0.15, 0.2) is 0 Å². The number of anilines is 1. The number of rotatable bonds is 4. The van der Waals surface area contributed by atoms with Crippen LogP contribution in [0.1, 0.15) is 34.8 Å². The van der Waals surface area contributed by atoms with E-state index in [9.17, 15) is 14.9 Å². The third kappa shape index (κ3) is 3.33. The van der Waals surface area contributed by atoms with E-state index in [0.29, 0.717) is 30.3 Å². The van der Waals surface area contributed by atoms with Crippen molar-refractivity contribution in [2.75, 3.05) is 25.1 Å². The summed E-state index contributed by atoms with van der Waals surface area (Å²) in [6, 6.07) is 6.36. The maximum absolute atomic E-state index is 11.8. The second-order valence-corrected chi connectivity index (χ2v) is 6.09. The quantitative estimate of drug-likeness (QED) is 0.481. The Morgan fingerprint density at radius 2 is 2.04 bits per heavy atom. The average Bonchev–Trinajstić information content (AvgIpc) is 3.06. The number of nitro groups is 1. The first-order chi connectivity index (χ1) is 12.0. The van der Waals surface area contributed by atoms with E-state index in [-0.39, 0.29) is 5.69 Å². The van der Waals surface area contributed by atoms with Crippen LogP contribution in [0.3, 0.4) is 0 Å². The van der Waals surface area contributed by atoms with Crippen LogP contribution in [-0.4, -0.2) is 40.9 Å². The molecule has 1 aromatic carbocycles. The van der Waals surface area contributed by atoms with E-state index < -0.39 is 10.9 Å². The van der Waals surface area contributed by atoms with Crippen molar-refractivity contribution in [3.8, 4) is 0 Å². The molecule has 3 rings (SSSR count). The van der Waals surface area contributed by atoms with E-state index in [0.717, 1.165) is 12.8 Å². The van der Waals surface area contributed by atoms with Gasteiger partial charge in [0.05, 0.1) is 17.6 Å². The van der Waals surface area contributed by atoms with E-state index in [1.807, 2.05) is 22.7 Å². The van der Waals surface area contributed by atoms with E-state index >= 15 is 0 Å². The molecular weight excluding hydrogens is 324 g/mol. The van der Waals surface area contributed by atoms with Crippen molar-refractivity contribution in [3.05, 3.63) is 51.8 Å². The largest absolute Gasteiger partial charge is 0.465 e. The fourth-order valence-corrected chi connectivity index (χ4v) is 3.38. The number of ether oxygens (including phenoxy) is 1. The molecular formula is C17H20N4O4. The van der Waals surface area contributed by atoms with Crippen LogP contribution in [0.2, 0.25) is 0 Å². The fraction of sp³-hybridized carbons (Fsp3) is 0.412. The average molecular weight is 344 g/mol. The SMILES string of the molecule is COC(=O)c1ccc([N+](=O)[O-])c(N2CCC(c3ccnn3C)CC2)c1. The summed E-state index contributed by atoms with van der Waals surface area (Å²) in [7, 11) is 3.22. The zero-order valence-electron chi connectivity index (χ0n) is 14.2. The van der Waals surface area contributed by atoms with Crippen molar-refractivity contribution < 1.29 is 14.5 Å². The standard InChI is InChI=1S/C17H20N4O4/c1-19-14(5-8-18-19)12-6-9-20(10-7-12)16-11-13(17(22)25-2)3-4-15(16)21(23)24/h3-5,8,11-12H,6-7,9-10H2,1-2H3. The Bertz CT molecular complexity index is 794. The lowest BCUT2D eigenvalue weighted by molar-refractivity contribution is -0.384. The van der Waals surface area contributed by atoms with E-state index in [1.54, 1.807) is 12.3 Å². The number of piperidine rings is 1. The first-order valence-corrected chi connectivity index (χ1v) is 8.11. The Kier molecular flexibility index (Phi) is 4.69. The molecule has 0 radical (unpaired) electrons. The number of carbonyl (C=O) groups is 1. The number of carbonyl (C=O) groups excluding carboxylic acids is 1. The molecule has 0 N–H and O–H groups in total. The van der Waals surface area contributed by atoms with Gasteiger partial charge in [-0.15, -0.1) is 0 Å². The number of nitrogens with zero attached hydrogens (tertiary/aromatic N) is 4. The third-order valence-corrected chi connectivity index (χ3v) is 4.71. The molecule has 0 unspecified atom stereocenters. The lowest BCUT2D eigenvalue weighted by Gasteiger charge is -2.33. The zero-order valence-corrected chi connectivity index (χ0v) is 14.2. The van der Waals surface area contributed by atoms with Gasteiger partial charge in [0.2, 0.25) is 0 Å². The summed E-state index contributed by atoms with van der Waals surface area (Å²) in [4.78, 5) is 24.7. The summed E-state index contributed by atoms with van der Waals surface area (Å²) in [5, 5.41) is 15.6. The number of methoxy groups -OCH3 is 1. The van der Waals surface area contributed by atoms with Crippen molar-refractivity contribution in [2.45, 2.75) is 18.8 Å². The number of hydrogen-bond donors (Lipinski definition) is 0. The van der Waals surface area contributed by atoms with Gasteiger partial charge in [-0.3, -0.25) is 14.8 Å². The van der Waals surface area contributed by atoms with Gasteiger partial charge in [0.1, 0.15) is 5.69 Å². The molecule has 2 aromatic rings. The van der Waals surface area contributed by atoms with Crippen molar-refractivity contribution in [2.24, 2.45) is 7.05 Å². The summed E-state index contributed by atoms with van der Waals surface area (Å²) in [6.07, 6.45) is 3.53. The summed E-state index contributed by atoms with van der Waals surface area (Å²) in [6.45, 7) is 1.36. The van der Waals surface area contributed by atoms with Gasteiger partial charge in [0.25, 0.3) is 5.69 Å². The normalized spacial score (nSPS) is 15.2. The maximum atomic E-state index is 11.8. The third-order valence-electron chi connectivity index (χ3n) is 4.71. The summed E-state index contributed by atoms with van der Waals surface area (Å²) >= 11 is 0. The molecule has 1 aliphatic rings. The number of aromatic nitrogens is 2. The molecule has 0 saturated carbocycles.